The van der Waals surface area contributed by atoms with E-state index >= 15 is 4.39 Å². The van der Waals surface area contributed by atoms with Crippen molar-refractivity contribution in [3.63, 3.8) is 0 Å². The number of phenols is 1. The molecule has 2 fully saturated rings. The number of hydrogen-bond acceptors (Lipinski definition) is 10. The van der Waals surface area contributed by atoms with E-state index in [0.717, 1.165) is 0 Å². The average molecular weight is 505 g/mol. The number of aliphatic hydroxyl groups is 1. The minimum Gasteiger partial charge on any atom is -0.505 e. The second-order valence-electron chi connectivity index (χ2n) is 10.1. The predicted molar refractivity (Wildman–Crippen MR) is 123 cm³/mol. The topological polar surface area (TPSA) is 193 Å². The fourth-order valence-electron chi connectivity index (χ4n) is 6.26. The molecule has 3 aliphatic carbocycles. The van der Waals surface area contributed by atoms with Gasteiger partial charge in [0.05, 0.1) is 23.2 Å². The first kappa shape index (κ1) is 25.9. The third-order valence-corrected chi connectivity index (χ3v) is 7.93. The fourth-order valence-corrected chi connectivity index (χ4v) is 6.26. The molecule has 2 saturated carbocycles. The number of nitrogens with one attached hydrogen (secondary N) is 1. The van der Waals surface area contributed by atoms with Gasteiger partial charge in [0.25, 0.3) is 0 Å². The zero-order valence-corrected chi connectivity index (χ0v) is 20.1. The van der Waals surface area contributed by atoms with Crippen molar-refractivity contribution in [2.75, 3.05) is 33.4 Å². The number of primary amides is 1. The quantitative estimate of drug-likeness (QED) is 0.176. The van der Waals surface area contributed by atoms with Gasteiger partial charge in [-0.25, -0.2) is 4.39 Å². The van der Waals surface area contributed by atoms with Crippen LogP contribution in [0.3, 0.4) is 0 Å². The van der Waals surface area contributed by atoms with Gasteiger partial charge in [0.2, 0.25) is 5.91 Å². The SMILES string of the molecule is CNCCc1c(N)c(O)c2c(c1F)C[C@H]1C[C@H]3[C@H](N(C)C)C(=O)C(C(N)=O)C(=O)[C@@]3(O)C(=O)C1C2=O. The molecule has 11 nitrogen and oxygen atoms in total. The Labute approximate surface area is 206 Å². The molecule has 4 rings (SSSR count). The maximum Gasteiger partial charge on any atom is 0.235 e. The van der Waals surface area contributed by atoms with Crippen LogP contribution in [0.4, 0.5) is 10.1 Å². The normalized spacial score (nSPS) is 31.8. The van der Waals surface area contributed by atoms with E-state index in [1.54, 1.807) is 7.05 Å². The van der Waals surface area contributed by atoms with Crippen molar-refractivity contribution in [2.24, 2.45) is 29.4 Å². The second kappa shape index (κ2) is 8.71. The average Bonchev–Trinajstić information content (AvgIpc) is 2.79. The van der Waals surface area contributed by atoms with Gasteiger partial charge < -0.3 is 27.0 Å². The number of nitrogen functional groups attached to an aromatic ring is 1. The van der Waals surface area contributed by atoms with Crippen LogP contribution >= 0.6 is 0 Å². The van der Waals surface area contributed by atoms with Gasteiger partial charge >= 0.3 is 0 Å². The molecule has 2 unspecified atom stereocenters. The van der Waals surface area contributed by atoms with Crippen molar-refractivity contribution in [2.45, 2.75) is 30.9 Å². The number of nitrogens with zero attached hydrogens (tertiary/aromatic N) is 1. The molecule has 0 bridgehead atoms. The molecule has 0 radical (unpaired) electrons. The maximum absolute atomic E-state index is 15.6. The van der Waals surface area contributed by atoms with Crippen LogP contribution in [0.2, 0.25) is 0 Å². The molecule has 1 aromatic rings. The van der Waals surface area contributed by atoms with Crippen LogP contribution in [0.25, 0.3) is 0 Å². The number of aromatic hydroxyl groups is 1. The summed E-state index contributed by atoms with van der Waals surface area (Å²) in [5, 5.41) is 25.1. The summed E-state index contributed by atoms with van der Waals surface area (Å²) in [5.41, 5.74) is 7.54. The van der Waals surface area contributed by atoms with Crippen LogP contribution in [0, 0.1) is 29.5 Å². The van der Waals surface area contributed by atoms with Gasteiger partial charge in [-0.15, -0.1) is 0 Å². The molecule has 12 heteroatoms. The van der Waals surface area contributed by atoms with Gasteiger partial charge in [0, 0.05) is 17.0 Å². The Morgan fingerprint density at radius 2 is 1.86 bits per heavy atom. The van der Waals surface area contributed by atoms with Crippen molar-refractivity contribution < 1.29 is 38.6 Å². The van der Waals surface area contributed by atoms with Crippen LogP contribution < -0.4 is 16.8 Å². The van der Waals surface area contributed by atoms with Crippen LogP contribution in [0.1, 0.15) is 27.9 Å². The molecule has 0 spiro atoms. The zero-order valence-electron chi connectivity index (χ0n) is 20.1. The van der Waals surface area contributed by atoms with Crippen molar-refractivity contribution in [3.8, 4) is 5.75 Å². The zero-order chi connectivity index (χ0) is 26.9. The van der Waals surface area contributed by atoms with E-state index < -0.39 is 81.5 Å². The third kappa shape index (κ3) is 3.31. The number of rotatable bonds is 5. The molecule has 1 aromatic carbocycles. The predicted octanol–water partition coefficient (Wildman–Crippen LogP) is -1.65. The number of carbonyl (C=O) groups is 5. The van der Waals surface area contributed by atoms with E-state index in [-0.39, 0.29) is 36.1 Å². The number of halogens is 1. The highest BCUT2D eigenvalue weighted by atomic mass is 19.1. The number of likely N-dealkylation sites (N-methyl/N-ethyl adjacent to an activating group) is 2. The number of carbonyl (C=O) groups excluding carboxylic acids is 5. The lowest BCUT2D eigenvalue weighted by molar-refractivity contribution is -0.181. The molecule has 1 amide bonds. The first-order valence-electron chi connectivity index (χ1n) is 11.6. The molecule has 6 atom stereocenters. The lowest BCUT2D eigenvalue weighted by Crippen LogP contribution is -2.74. The van der Waals surface area contributed by atoms with Crippen LogP contribution in [0.15, 0.2) is 0 Å². The van der Waals surface area contributed by atoms with Crippen LogP contribution in [-0.2, 0) is 32.0 Å². The number of ketones is 4. The summed E-state index contributed by atoms with van der Waals surface area (Å²) < 4.78 is 15.6. The van der Waals surface area contributed by atoms with Gasteiger partial charge in [-0.05, 0) is 52.9 Å². The largest absolute Gasteiger partial charge is 0.505 e. The smallest absolute Gasteiger partial charge is 0.235 e. The number of hydrogen-bond donors (Lipinski definition) is 5. The Hall–Kier alpha value is -3.22. The molecule has 3 aliphatic rings. The number of nitrogens with two attached hydrogens (primary N) is 2. The van der Waals surface area contributed by atoms with E-state index in [1.807, 2.05) is 0 Å². The molecular formula is C24H29FN4O7. The Bertz CT molecular complexity index is 1220. The van der Waals surface area contributed by atoms with Gasteiger partial charge in [-0.3, -0.25) is 28.9 Å². The Morgan fingerprint density at radius 3 is 2.42 bits per heavy atom. The minimum atomic E-state index is -2.83. The van der Waals surface area contributed by atoms with Gasteiger partial charge in [0.1, 0.15) is 11.6 Å². The fraction of sp³-hybridized carbons (Fsp3) is 0.542. The summed E-state index contributed by atoms with van der Waals surface area (Å²) in [6.07, 6.45) is -0.169. The Kier molecular flexibility index (Phi) is 6.26. The highest BCUT2D eigenvalue weighted by Gasteiger charge is 2.69. The highest BCUT2D eigenvalue weighted by Crippen LogP contribution is 2.52. The van der Waals surface area contributed by atoms with E-state index in [9.17, 15) is 34.2 Å². The minimum absolute atomic E-state index is 0.0315. The molecule has 0 heterocycles. The summed E-state index contributed by atoms with van der Waals surface area (Å²) in [7, 11) is 4.64. The van der Waals surface area contributed by atoms with Gasteiger partial charge in [0.15, 0.2) is 34.7 Å². The molecule has 0 aliphatic heterocycles. The van der Waals surface area contributed by atoms with Crippen LogP contribution in [0.5, 0.6) is 5.75 Å². The van der Waals surface area contributed by atoms with Gasteiger partial charge in [-0.2, -0.15) is 0 Å². The molecule has 36 heavy (non-hydrogen) atoms. The summed E-state index contributed by atoms with van der Waals surface area (Å²) in [4.78, 5) is 66.8. The van der Waals surface area contributed by atoms with Gasteiger partial charge in [-0.1, -0.05) is 0 Å². The second-order valence-corrected chi connectivity index (χ2v) is 10.1. The molecule has 0 saturated heterocycles. The van der Waals surface area contributed by atoms with E-state index in [0.29, 0.717) is 6.54 Å². The number of Topliss-reactive ketones (excluding diaryl/α,β-unsaturated/α-hetero) is 4. The van der Waals surface area contributed by atoms with Crippen molar-refractivity contribution in [3.05, 3.63) is 22.5 Å². The first-order chi connectivity index (χ1) is 16.8. The standard InChI is InChI=1S/C24H29FN4O7/c1-28-5-4-9-15(25)10-6-8-7-11-17(29(2)3)20(32)14(23(27)35)22(34)24(11,36)21(33)12(8)18(30)13(10)19(31)16(9)26/h8,11-12,14,17,28,31,36H,4-7,26H2,1-3H3,(H2,27,35)/t8-,11-,12?,14?,17-,24-/m0/s1. The third-order valence-electron chi connectivity index (χ3n) is 7.93. The molecule has 0 aromatic heterocycles. The number of anilines is 1. The van der Waals surface area contributed by atoms with Crippen LogP contribution in [-0.4, -0.2) is 83.5 Å². The Morgan fingerprint density at radius 1 is 1.22 bits per heavy atom. The summed E-state index contributed by atoms with van der Waals surface area (Å²) in [6.45, 7) is 0.350. The van der Waals surface area contributed by atoms with E-state index in [2.05, 4.69) is 5.32 Å². The van der Waals surface area contributed by atoms with Crippen molar-refractivity contribution in [1.29, 1.82) is 0 Å². The number of phenolic OH excluding ortho intramolecular Hbond substituents is 1. The summed E-state index contributed by atoms with van der Waals surface area (Å²) >= 11 is 0. The molecule has 194 valence electrons. The highest BCUT2D eigenvalue weighted by molar-refractivity contribution is 6.32. The van der Waals surface area contributed by atoms with Crippen molar-refractivity contribution in [1.82, 2.24) is 10.2 Å². The monoisotopic (exact) mass is 504 g/mol. The number of amides is 1. The lowest BCUT2D eigenvalue weighted by atomic mass is 9.52. The molecular weight excluding hydrogens is 475 g/mol. The maximum atomic E-state index is 15.6. The summed E-state index contributed by atoms with van der Waals surface area (Å²) in [6, 6.07) is -1.22. The Balaban J connectivity index is 1.87. The van der Waals surface area contributed by atoms with Crippen molar-refractivity contribution >= 4 is 34.7 Å². The first-order valence-corrected chi connectivity index (χ1v) is 11.6. The lowest BCUT2D eigenvalue weighted by Gasteiger charge is -2.52. The van der Waals surface area contributed by atoms with E-state index in [4.69, 9.17) is 11.5 Å². The molecule has 7 N–H and O–H groups in total. The van der Waals surface area contributed by atoms with E-state index in [1.165, 1.54) is 19.0 Å². The number of fused-ring (bicyclic) bond motifs is 3. The summed E-state index contributed by atoms with van der Waals surface area (Å²) in [5.74, 6) is -12.9. The number of benzene rings is 1.